The fourth-order valence-electron chi connectivity index (χ4n) is 3.05. The molecule has 1 aromatic carbocycles. The lowest BCUT2D eigenvalue weighted by Crippen LogP contribution is -2.51. The van der Waals surface area contributed by atoms with Gasteiger partial charge >= 0.3 is 6.09 Å². The van der Waals surface area contributed by atoms with Crippen molar-refractivity contribution >= 4 is 22.0 Å². The van der Waals surface area contributed by atoms with Crippen molar-refractivity contribution in [1.29, 1.82) is 0 Å². The molecule has 2 rings (SSSR count). The largest absolute Gasteiger partial charge is 0.444 e. The molecule has 25 heavy (non-hydrogen) atoms. The lowest BCUT2D eigenvalue weighted by atomic mass is 9.76. The van der Waals surface area contributed by atoms with Gasteiger partial charge < -0.3 is 15.4 Å². The van der Waals surface area contributed by atoms with E-state index in [0.717, 1.165) is 19.4 Å². The Morgan fingerprint density at radius 1 is 1.28 bits per heavy atom. The SMILES string of the molecule is CC(C)C(CNC1CC(c2ccccc2Br)C1)NC(=O)OC(C)(C)C. The van der Waals surface area contributed by atoms with Crippen LogP contribution >= 0.6 is 15.9 Å². The summed E-state index contributed by atoms with van der Waals surface area (Å²) < 4.78 is 6.57. The summed E-state index contributed by atoms with van der Waals surface area (Å²) in [5.74, 6) is 0.962. The highest BCUT2D eigenvalue weighted by Crippen LogP contribution is 2.39. The minimum absolute atomic E-state index is 0.0670. The average Bonchev–Trinajstić information content (AvgIpc) is 2.43. The van der Waals surface area contributed by atoms with Crippen LogP contribution in [0.1, 0.15) is 58.9 Å². The van der Waals surface area contributed by atoms with E-state index < -0.39 is 5.60 Å². The van der Waals surface area contributed by atoms with Crippen LogP contribution < -0.4 is 10.6 Å². The predicted molar refractivity (Wildman–Crippen MR) is 106 cm³/mol. The van der Waals surface area contributed by atoms with Crippen molar-refractivity contribution in [2.45, 2.75) is 71.1 Å². The van der Waals surface area contributed by atoms with Crippen LogP contribution in [0.4, 0.5) is 4.79 Å². The van der Waals surface area contributed by atoms with E-state index in [1.165, 1.54) is 10.0 Å². The molecule has 4 nitrogen and oxygen atoms in total. The molecule has 0 bridgehead atoms. The van der Waals surface area contributed by atoms with E-state index in [2.05, 4.69) is 64.7 Å². The fraction of sp³-hybridized carbons (Fsp3) is 0.650. The van der Waals surface area contributed by atoms with Gasteiger partial charge in [-0.2, -0.15) is 0 Å². The second-order valence-electron chi connectivity index (χ2n) is 8.29. The van der Waals surface area contributed by atoms with Crippen LogP contribution in [0, 0.1) is 5.92 Å². The Kier molecular flexibility index (Phi) is 6.92. The van der Waals surface area contributed by atoms with E-state index in [0.29, 0.717) is 17.9 Å². The highest BCUT2D eigenvalue weighted by Gasteiger charge is 2.32. The van der Waals surface area contributed by atoms with E-state index in [-0.39, 0.29) is 12.1 Å². The average molecular weight is 411 g/mol. The molecule has 0 aromatic heterocycles. The molecule has 0 saturated heterocycles. The zero-order valence-electron chi connectivity index (χ0n) is 15.9. The molecule has 1 aliphatic rings. The summed E-state index contributed by atoms with van der Waals surface area (Å²) in [6, 6.07) is 9.04. The van der Waals surface area contributed by atoms with Crippen LogP contribution in [-0.4, -0.2) is 30.3 Å². The van der Waals surface area contributed by atoms with Crippen LogP contribution in [0.2, 0.25) is 0 Å². The molecule has 0 heterocycles. The summed E-state index contributed by atoms with van der Waals surface area (Å²) in [5, 5.41) is 6.60. The normalized spacial score (nSPS) is 21.6. The predicted octanol–water partition coefficient (Wildman–Crippen LogP) is 4.83. The van der Waals surface area contributed by atoms with Crippen LogP contribution in [0.15, 0.2) is 28.7 Å². The molecule has 0 radical (unpaired) electrons. The van der Waals surface area contributed by atoms with Gasteiger partial charge in [-0.3, -0.25) is 0 Å². The molecular formula is C20H31BrN2O2. The first-order chi connectivity index (χ1) is 11.7. The number of hydrogen-bond acceptors (Lipinski definition) is 3. The smallest absolute Gasteiger partial charge is 0.407 e. The molecular weight excluding hydrogens is 380 g/mol. The first-order valence-corrected chi connectivity index (χ1v) is 9.92. The van der Waals surface area contributed by atoms with E-state index in [9.17, 15) is 4.79 Å². The second-order valence-corrected chi connectivity index (χ2v) is 9.15. The quantitative estimate of drug-likeness (QED) is 0.705. The number of ether oxygens (including phenoxy) is 1. The van der Waals surface area contributed by atoms with Crippen LogP contribution in [-0.2, 0) is 4.74 Å². The second kappa shape index (κ2) is 8.54. The number of halogens is 1. The lowest BCUT2D eigenvalue weighted by molar-refractivity contribution is 0.0487. The summed E-state index contributed by atoms with van der Waals surface area (Å²) in [4.78, 5) is 12.0. The molecule has 0 aliphatic heterocycles. The minimum atomic E-state index is -0.469. The molecule has 1 saturated carbocycles. The molecule has 1 aliphatic carbocycles. The number of hydrogen-bond donors (Lipinski definition) is 2. The molecule has 0 spiro atoms. The third-order valence-electron chi connectivity index (χ3n) is 4.62. The number of carbonyl (C=O) groups is 1. The summed E-state index contributed by atoms with van der Waals surface area (Å²) in [6.07, 6.45) is 1.94. The van der Waals surface area contributed by atoms with Crippen molar-refractivity contribution in [3.63, 3.8) is 0 Å². The zero-order valence-corrected chi connectivity index (χ0v) is 17.5. The summed E-state index contributed by atoms with van der Waals surface area (Å²) in [6.45, 7) is 10.6. The van der Waals surface area contributed by atoms with Gasteiger partial charge in [0.05, 0.1) is 0 Å². The monoisotopic (exact) mass is 410 g/mol. The van der Waals surface area contributed by atoms with Crippen molar-refractivity contribution in [1.82, 2.24) is 10.6 Å². The Morgan fingerprint density at radius 2 is 1.92 bits per heavy atom. The number of alkyl carbamates (subject to hydrolysis) is 1. The van der Waals surface area contributed by atoms with Gasteiger partial charge in [0.25, 0.3) is 0 Å². The third kappa shape index (κ3) is 6.30. The van der Waals surface area contributed by atoms with Gasteiger partial charge in [0.1, 0.15) is 5.60 Å². The van der Waals surface area contributed by atoms with Crippen molar-refractivity contribution < 1.29 is 9.53 Å². The van der Waals surface area contributed by atoms with Gasteiger partial charge in [0, 0.05) is 23.1 Å². The standard InChI is InChI=1S/C20H31BrN2O2/c1-13(2)18(23-19(24)25-20(3,4)5)12-22-15-10-14(11-15)16-8-6-7-9-17(16)21/h6-9,13-15,18,22H,10-12H2,1-5H3,(H,23,24). The number of benzene rings is 1. The molecule has 1 aromatic rings. The number of rotatable bonds is 6. The van der Waals surface area contributed by atoms with Gasteiger partial charge in [-0.05, 0) is 57.1 Å². The Bertz CT molecular complexity index is 577. The Morgan fingerprint density at radius 3 is 2.48 bits per heavy atom. The van der Waals surface area contributed by atoms with Gasteiger partial charge in [0.2, 0.25) is 0 Å². The molecule has 1 fully saturated rings. The maximum absolute atomic E-state index is 12.0. The number of nitrogens with one attached hydrogen (secondary N) is 2. The lowest BCUT2D eigenvalue weighted by Gasteiger charge is -2.38. The summed E-state index contributed by atoms with van der Waals surface area (Å²) in [5.41, 5.74) is 0.927. The van der Waals surface area contributed by atoms with E-state index in [1.807, 2.05) is 20.8 Å². The first-order valence-electron chi connectivity index (χ1n) is 9.13. The molecule has 5 heteroatoms. The Labute approximate surface area is 160 Å². The van der Waals surface area contributed by atoms with Crippen molar-refractivity contribution in [3.8, 4) is 0 Å². The van der Waals surface area contributed by atoms with Gasteiger partial charge in [0.15, 0.2) is 0 Å². The molecule has 1 unspecified atom stereocenters. The molecule has 1 atom stereocenters. The Balaban J connectivity index is 1.77. The van der Waals surface area contributed by atoms with Crippen molar-refractivity contribution in [2.24, 2.45) is 5.92 Å². The fourth-order valence-corrected chi connectivity index (χ4v) is 3.66. The topological polar surface area (TPSA) is 50.4 Å². The highest BCUT2D eigenvalue weighted by atomic mass is 79.9. The van der Waals surface area contributed by atoms with Crippen LogP contribution in [0.25, 0.3) is 0 Å². The summed E-state index contributed by atoms with van der Waals surface area (Å²) >= 11 is 3.64. The minimum Gasteiger partial charge on any atom is -0.444 e. The number of carbonyl (C=O) groups excluding carboxylic acids is 1. The molecule has 2 N–H and O–H groups in total. The zero-order chi connectivity index (χ0) is 18.6. The van der Waals surface area contributed by atoms with Crippen molar-refractivity contribution in [3.05, 3.63) is 34.3 Å². The summed E-state index contributed by atoms with van der Waals surface area (Å²) in [7, 11) is 0. The van der Waals surface area contributed by atoms with Crippen LogP contribution in [0.5, 0.6) is 0 Å². The van der Waals surface area contributed by atoms with Gasteiger partial charge in [-0.15, -0.1) is 0 Å². The van der Waals surface area contributed by atoms with E-state index in [1.54, 1.807) is 0 Å². The third-order valence-corrected chi connectivity index (χ3v) is 5.34. The molecule has 1 amide bonds. The van der Waals surface area contributed by atoms with E-state index in [4.69, 9.17) is 4.74 Å². The highest BCUT2D eigenvalue weighted by molar-refractivity contribution is 9.10. The van der Waals surface area contributed by atoms with Gasteiger partial charge in [-0.1, -0.05) is 48.0 Å². The van der Waals surface area contributed by atoms with E-state index >= 15 is 0 Å². The maximum atomic E-state index is 12.0. The number of amides is 1. The molecule has 140 valence electrons. The Hall–Kier alpha value is -1.07. The van der Waals surface area contributed by atoms with Crippen molar-refractivity contribution in [2.75, 3.05) is 6.54 Å². The first kappa shape index (κ1) is 20.2. The maximum Gasteiger partial charge on any atom is 0.407 e. The van der Waals surface area contributed by atoms with Crippen LogP contribution in [0.3, 0.4) is 0 Å². The van der Waals surface area contributed by atoms with Gasteiger partial charge in [-0.25, -0.2) is 4.79 Å².